The number of hydrogen-bond acceptors (Lipinski definition) is 7. The van der Waals surface area contributed by atoms with Crippen LogP contribution in [0.5, 0.6) is 0 Å². The molecule has 3 aromatic heterocycles. The summed E-state index contributed by atoms with van der Waals surface area (Å²) in [7, 11) is 0. The average Bonchev–Trinajstić information content (AvgIpc) is 3.25. The number of nitrogens with one attached hydrogen (secondary N) is 1. The quantitative estimate of drug-likeness (QED) is 0.416. The molecule has 0 spiro atoms. The Morgan fingerprint density at radius 3 is 2.45 bits per heavy atom. The van der Waals surface area contributed by atoms with Crippen molar-refractivity contribution in [3.63, 3.8) is 0 Å². The monoisotopic (exact) mass is 392 g/mol. The van der Waals surface area contributed by atoms with Crippen LogP contribution in [0.25, 0.3) is 11.5 Å². The summed E-state index contributed by atoms with van der Waals surface area (Å²) in [5, 5.41) is 22.1. The average molecular weight is 392 g/mol. The molecule has 0 fully saturated rings. The molecule has 11 nitrogen and oxygen atoms in total. The van der Waals surface area contributed by atoms with Crippen LogP contribution in [0.2, 0.25) is 0 Å². The third-order valence-corrected chi connectivity index (χ3v) is 4.20. The molecule has 0 saturated heterocycles. The molecule has 4 aromatic rings. The zero-order valence-electron chi connectivity index (χ0n) is 15.8. The fourth-order valence-electron chi connectivity index (χ4n) is 2.94. The Hall–Kier alpha value is -4.15. The van der Waals surface area contributed by atoms with Gasteiger partial charge in [0.2, 0.25) is 5.82 Å². The summed E-state index contributed by atoms with van der Waals surface area (Å²) in [6.07, 6.45) is 0. The molecule has 1 N–H and O–H groups in total. The first-order valence-electron chi connectivity index (χ1n) is 8.66. The Balaban J connectivity index is 1.65. The van der Waals surface area contributed by atoms with Gasteiger partial charge in [-0.1, -0.05) is 0 Å². The van der Waals surface area contributed by atoms with E-state index in [0.717, 1.165) is 11.4 Å². The molecule has 1 aromatic carbocycles. The van der Waals surface area contributed by atoms with Crippen molar-refractivity contribution in [3.8, 4) is 5.69 Å². The molecule has 0 aliphatic rings. The number of carbonyl (C=O) groups is 1. The summed E-state index contributed by atoms with van der Waals surface area (Å²) in [6, 6.07) is 9.38. The largest absolute Gasteiger partial charge is 0.304 e. The first-order chi connectivity index (χ1) is 13.8. The maximum atomic E-state index is 12.7. The molecule has 0 saturated carbocycles. The van der Waals surface area contributed by atoms with Gasteiger partial charge in [0.15, 0.2) is 0 Å². The molecule has 0 atom stereocenters. The molecular weight excluding hydrogens is 376 g/mol. The van der Waals surface area contributed by atoms with Gasteiger partial charge in [-0.2, -0.15) is 10.1 Å². The highest BCUT2D eigenvalue weighted by molar-refractivity contribution is 6.01. The number of benzene rings is 1. The zero-order chi connectivity index (χ0) is 20.7. The van der Waals surface area contributed by atoms with Gasteiger partial charge in [-0.15, -0.1) is 5.10 Å². The fraction of sp³-hybridized carbons (Fsp3) is 0.167. The highest BCUT2D eigenvalue weighted by Crippen LogP contribution is 2.20. The number of hydrogen-bond donors (Lipinski definition) is 1. The SMILES string of the molecule is Cc1cc(C)n2nc(C(=O)Nc3cc(C)nn3-c3ccc([N+](=O)[O-])cc3)nc2n1. The van der Waals surface area contributed by atoms with E-state index in [1.54, 1.807) is 25.1 Å². The van der Waals surface area contributed by atoms with Crippen LogP contribution in [0.15, 0.2) is 36.4 Å². The van der Waals surface area contributed by atoms with E-state index in [1.807, 2.05) is 19.9 Å². The van der Waals surface area contributed by atoms with Gasteiger partial charge in [0, 0.05) is 29.6 Å². The number of amides is 1. The Labute approximate surface area is 164 Å². The van der Waals surface area contributed by atoms with Crippen LogP contribution in [-0.2, 0) is 0 Å². The van der Waals surface area contributed by atoms with Crippen molar-refractivity contribution in [2.75, 3.05) is 5.32 Å². The normalized spacial score (nSPS) is 11.0. The van der Waals surface area contributed by atoms with E-state index in [0.29, 0.717) is 23.0 Å². The van der Waals surface area contributed by atoms with E-state index < -0.39 is 10.8 Å². The summed E-state index contributed by atoms with van der Waals surface area (Å²) < 4.78 is 2.99. The number of nitro groups is 1. The second kappa shape index (κ2) is 6.78. The highest BCUT2D eigenvalue weighted by Gasteiger charge is 2.18. The van der Waals surface area contributed by atoms with Crippen LogP contribution in [0.4, 0.5) is 11.5 Å². The van der Waals surface area contributed by atoms with Gasteiger partial charge < -0.3 is 5.32 Å². The molecular formula is C18H16N8O3. The molecule has 11 heteroatoms. The minimum atomic E-state index is -0.518. The van der Waals surface area contributed by atoms with Crippen LogP contribution in [0.3, 0.4) is 0 Å². The third kappa shape index (κ3) is 3.40. The number of fused-ring (bicyclic) bond motifs is 1. The zero-order valence-corrected chi connectivity index (χ0v) is 15.8. The molecule has 0 unspecified atom stereocenters. The topological polar surface area (TPSA) is 133 Å². The molecule has 4 rings (SSSR count). The summed E-state index contributed by atoms with van der Waals surface area (Å²) in [4.78, 5) is 31.5. The maximum absolute atomic E-state index is 12.7. The van der Waals surface area contributed by atoms with E-state index in [2.05, 4.69) is 25.5 Å². The number of aromatic nitrogens is 6. The van der Waals surface area contributed by atoms with Crippen LogP contribution in [0, 0.1) is 30.9 Å². The molecule has 0 aliphatic carbocycles. The standard InChI is InChI=1S/C18H16N8O3/c1-10-8-12(3)24-18(19-10)21-16(23-24)17(27)20-15-9-11(2)22-25(15)13-4-6-14(7-5-13)26(28)29/h4-9H,1-3H3,(H,20,27). The summed E-state index contributed by atoms with van der Waals surface area (Å²) >= 11 is 0. The van der Waals surface area contributed by atoms with Gasteiger partial charge in [0.25, 0.3) is 17.4 Å². The predicted octanol–water partition coefficient (Wildman–Crippen LogP) is 2.40. The number of carbonyl (C=O) groups excluding carboxylic acids is 1. The fourth-order valence-corrected chi connectivity index (χ4v) is 2.94. The van der Waals surface area contributed by atoms with Gasteiger partial charge in [-0.05, 0) is 39.0 Å². The van der Waals surface area contributed by atoms with Crippen molar-refractivity contribution in [1.29, 1.82) is 0 Å². The summed E-state index contributed by atoms with van der Waals surface area (Å²) in [6.45, 7) is 5.47. The van der Waals surface area contributed by atoms with Gasteiger partial charge in [-0.25, -0.2) is 14.2 Å². The lowest BCUT2D eigenvalue weighted by Gasteiger charge is -2.07. The molecule has 29 heavy (non-hydrogen) atoms. The maximum Gasteiger partial charge on any atom is 0.296 e. The predicted molar refractivity (Wildman–Crippen MR) is 103 cm³/mol. The Kier molecular flexibility index (Phi) is 4.26. The van der Waals surface area contributed by atoms with Crippen molar-refractivity contribution < 1.29 is 9.72 Å². The lowest BCUT2D eigenvalue weighted by Crippen LogP contribution is -2.16. The van der Waals surface area contributed by atoms with Crippen molar-refractivity contribution >= 4 is 23.2 Å². The van der Waals surface area contributed by atoms with Crippen molar-refractivity contribution in [2.45, 2.75) is 20.8 Å². The van der Waals surface area contributed by atoms with Crippen molar-refractivity contribution in [1.82, 2.24) is 29.4 Å². The summed E-state index contributed by atoms with van der Waals surface area (Å²) in [5.74, 6) is 0.185. The number of nitrogens with zero attached hydrogens (tertiary/aromatic N) is 7. The van der Waals surface area contributed by atoms with Crippen molar-refractivity contribution in [2.24, 2.45) is 0 Å². The summed E-state index contributed by atoms with van der Waals surface area (Å²) in [5.41, 5.74) is 2.78. The highest BCUT2D eigenvalue weighted by atomic mass is 16.6. The van der Waals surface area contributed by atoms with Gasteiger partial charge in [0.05, 0.1) is 16.3 Å². The van der Waals surface area contributed by atoms with E-state index in [1.165, 1.54) is 21.3 Å². The van der Waals surface area contributed by atoms with E-state index in [9.17, 15) is 14.9 Å². The first-order valence-corrected chi connectivity index (χ1v) is 8.66. The number of non-ortho nitro benzene ring substituents is 1. The van der Waals surface area contributed by atoms with Crippen LogP contribution >= 0.6 is 0 Å². The Bertz CT molecular complexity index is 1260. The minimum absolute atomic E-state index is 0.0275. The van der Waals surface area contributed by atoms with Crippen LogP contribution < -0.4 is 5.32 Å². The lowest BCUT2D eigenvalue weighted by atomic mass is 10.3. The van der Waals surface area contributed by atoms with Crippen molar-refractivity contribution in [3.05, 3.63) is 69.4 Å². The number of anilines is 1. The molecule has 3 heterocycles. The van der Waals surface area contributed by atoms with E-state index in [4.69, 9.17) is 0 Å². The number of rotatable bonds is 4. The second-order valence-electron chi connectivity index (χ2n) is 6.50. The van der Waals surface area contributed by atoms with Gasteiger partial charge in [0.1, 0.15) is 5.82 Å². The van der Waals surface area contributed by atoms with Crippen LogP contribution in [0.1, 0.15) is 27.7 Å². The molecule has 0 radical (unpaired) electrons. The van der Waals surface area contributed by atoms with Crippen LogP contribution in [-0.4, -0.2) is 40.2 Å². The van der Waals surface area contributed by atoms with Gasteiger partial charge >= 0.3 is 0 Å². The Morgan fingerprint density at radius 2 is 1.76 bits per heavy atom. The lowest BCUT2D eigenvalue weighted by molar-refractivity contribution is -0.384. The molecule has 0 aliphatic heterocycles. The smallest absolute Gasteiger partial charge is 0.296 e. The molecule has 0 bridgehead atoms. The van der Waals surface area contributed by atoms with E-state index >= 15 is 0 Å². The molecule has 146 valence electrons. The first kappa shape index (κ1) is 18.2. The minimum Gasteiger partial charge on any atom is -0.304 e. The third-order valence-electron chi connectivity index (χ3n) is 4.20. The van der Waals surface area contributed by atoms with E-state index in [-0.39, 0.29) is 11.5 Å². The Morgan fingerprint density at radius 1 is 1.03 bits per heavy atom. The van der Waals surface area contributed by atoms with Gasteiger partial charge in [-0.3, -0.25) is 14.9 Å². The molecule has 1 amide bonds. The number of nitro benzene ring substituents is 1. The number of aryl methyl sites for hydroxylation is 3. The second-order valence-corrected chi connectivity index (χ2v) is 6.50.